The highest BCUT2D eigenvalue weighted by Gasteiger charge is 2.15. The summed E-state index contributed by atoms with van der Waals surface area (Å²) in [6, 6.07) is 8.27. The Labute approximate surface area is 117 Å². The van der Waals surface area contributed by atoms with Crippen LogP contribution in [0.3, 0.4) is 0 Å². The Morgan fingerprint density at radius 3 is 2.32 bits per heavy atom. The molecule has 0 aromatic heterocycles. The first kappa shape index (κ1) is 14.1. The summed E-state index contributed by atoms with van der Waals surface area (Å²) in [6.07, 6.45) is 12.0. The molecule has 0 aliphatic carbocycles. The molecule has 1 aromatic rings. The highest BCUT2D eigenvalue weighted by Crippen LogP contribution is 2.24. The number of rotatable bonds is 9. The fourth-order valence-corrected chi connectivity index (χ4v) is 2.58. The number of fused-ring (bicyclic) bond motifs is 1. The highest BCUT2D eigenvalue weighted by molar-refractivity contribution is 6.06. The van der Waals surface area contributed by atoms with E-state index in [9.17, 15) is 0 Å². The van der Waals surface area contributed by atoms with Crippen LogP contribution in [0.15, 0.2) is 29.4 Å². The lowest BCUT2D eigenvalue weighted by atomic mass is 10.0. The number of benzene rings is 1. The summed E-state index contributed by atoms with van der Waals surface area (Å²) in [7, 11) is 0. The van der Waals surface area contributed by atoms with Gasteiger partial charge in [-0.15, -0.1) is 0 Å². The molecule has 0 fully saturated rings. The summed E-state index contributed by atoms with van der Waals surface area (Å²) in [5.74, 6) is 0. The zero-order valence-corrected chi connectivity index (χ0v) is 12.1. The van der Waals surface area contributed by atoms with Crippen molar-refractivity contribution in [3.63, 3.8) is 0 Å². The smallest absolute Gasteiger partial charge is 0.0948 e. The maximum atomic E-state index is 4.30. The average molecular weight is 257 g/mol. The molecule has 0 unspecified atom stereocenters. The van der Waals surface area contributed by atoms with Gasteiger partial charge in [-0.3, -0.25) is 0 Å². The molecule has 0 spiro atoms. The van der Waals surface area contributed by atoms with Gasteiger partial charge in [0, 0.05) is 5.56 Å². The van der Waals surface area contributed by atoms with E-state index >= 15 is 0 Å². The Hall–Kier alpha value is -1.31. The van der Waals surface area contributed by atoms with Crippen LogP contribution in [-0.2, 0) is 0 Å². The Kier molecular flexibility index (Phi) is 5.93. The monoisotopic (exact) mass is 257 g/mol. The van der Waals surface area contributed by atoms with Crippen molar-refractivity contribution < 1.29 is 0 Å². The van der Waals surface area contributed by atoms with Crippen molar-refractivity contribution in [2.24, 2.45) is 5.10 Å². The first-order valence-corrected chi connectivity index (χ1v) is 7.79. The molecule has 0 bridgehead atoms. The van der Waals surface area contributed by atoms with E-state index in [1.54, 1.807) is 0 Å². The van der Waals surface area contributed by atoms with E-state index in [1.165, 1.54) is 62.6 Å². The lowest BCUT2D eigenvalue weighted by molar-refractivity contribution is 0.580. The fraction of sp³-hybridized carbons (Fsp3) is 0.588. The summed E-state index contributed by atoms with van der Waals surface area (Å²) in [4.78, 5) is 0. The second-order valence-corrected chi connectivity index (χ2v) is 5.39. The van der Waals surface area contributed by atoms with Crippen molar-refractivity contribution in [3.8, 4) is 0 Å². The predicted molar refractivity (Wildman–Crippen MR) is 82.0 cm³/mol. The van der Waals surface area contributed by atoms with Gasteiger partial charge in [-0.2, -0.15) is 10.5 Å². The Bertz CT molecular complexity index is 409. The maximum absolute atomic E-state index is 4.30. The molecule has 0 N–H and O–H groups in total. The van der Waals surface area contributed by atoms with Crippen LogP contribution in [0.25, 0.3) is 0 Å². The molecule has 1 radical (unpaired) electrons. The normalized spacial score (nSPS) is 13.0. The predicted octanol–water partition coefficient (Wildman–Crippen LogP) is 5.17. The molecule has 0 amide bonds. The van der Waals surface area contributed by atoms with Crippen LogP contribution in [-0.4, -0.2) is 5.71 Å². The summed E-state index contributed by atoms with van der Waals surface area (Å²) in [5, 5.41) is 4.30. The third-order valence-electron chi connectivity index (χ3n) is 3.76. The zero-order valence-electron chi connectivity index (χ0n) is 12.1. The number of nitrogens with zero attached hydrogens (tertiary/aromatic N) is 2. The molecule has 103 valence electrons. The first-order chi connectivity index (χ1) is 9.42. The minimum atomic E-state index is 1.04. The van der Waals surface area contributed by atoms with Crippen molar-refractivity contribution in [2.45, 2.75) is 64.7 Å². The molecule has 0 atom stereocenters. The average Bonchev–Trinajstić information content (AvgIpc) is 2.85. The molecule has 0 saturated carbocycles. The molecule has 1 heterocycles. The third kappa shape index (κ3) is 4.38. The summed E-state index contributed by atoms with van der Waals surface area (Å²) in [6.45, 7) is 2.27. The lowest BCUT2D eigenvalue weighted by Crippen LogP contribution is -1.96. The van der Waals surface area contributed by atoms with Crippen LogP contribution >= 0.6 is 0 Å². The van der Waals surface area contributed by atoms with Crippen molar-refractivity contribution >= 4 is 11.4 Å². The molecular weight excluding hydrogens is 232 g/mol. The SMILES string of the molecule is CCCCCCCCCCC1=N[N]c2ccccc21. The lowest BCUT2D eigenvalue weighted by Gasteiger charge is -2.02. The van der Waals surface area contributed by atoms with E-state index in [1.807, 2.05) is 12.1 Å². The Morgan fingerprint density at radius 2 is 1.53 bits per heavy atom. The van der Waals surface area contributed by atoms with Crippen LogP contribution in [0.5, 0.6) is 0 Å². The Morgan fingerprint density at radius 1 is 0.842 bits per heavy atom. The first-order valence-electron chi connectivity index (χ1n) is 7.79. The van der Waals surface area contributed by atoms with Gasteiger partial charge in [0.1, 0.15) is 0 Å². The van der Waals surface area contributed by atoms with E-state index in [-0.39, 0.29) is 0 Å². The molecule has 19 heavy (non-hydrogen) atoms. The highest BCUT2D eigenvalue weighted by atomic mass is 15.3. The molecule has 2 nitrogen and oxygen atoms in total. The summed E-state index contributed by atoms with van der Waals surface area (Å²) < 4.78 is 0. The van der Waals surface area contributed by atoms with Crippen LogP contribution in [0.2, 0.25) is 0 Å². The van der Waals surface area contributed by atoms with Gasteiger partial charge in [-0.05, 0) is 18.9 Å². The second kappa shape index (κ2) is 7.98. The number of hydrogen-bond acceptors (Lipinski definition) is 1. The van der Waals surface area contributed by atoms with Gasteiger partial charge in [0.15, 0.2) is 0 Å². The van der Waals surface area contributed by atoms with Gasteiger partial charge < -0.3 is 0 Å². The van der Waals surface area contributed by atoms with E-state index in [0.29, 0.717) is 0 Å². The maximum Gasteiger partial charge on any atom is 0.0948 e. The molecular formula is C17H25N2. The molecule has 2 rings (SSSR count). The van der Waals surface area contributed by atoms with Gasteiger partial charge in [-0.25, -0.2) is 0 Å². The zero-order chi connectivity index (χ0) is 13.3. The van der Waals surface area contributed by atoms with Gasteiger partial charge in [-0.1, -0.05) is 70.1 Å². The third-order valence-corrected chi connectivity index (χ3v) is 3.76. The van der Waals surface area contributed by atoms with E-state index in [4.69, 9.17) is 0 Å². The quantitative estimate of drug-likeness (QED) is 0.546. The standard InChI is InChI=1S/C17H25N2/c1-2-3-4-5-6-7-8-9-13-16-15-12-10-11-14-17(15)19-18-16/h10-12,14H,2-9,13H2,1H3. The van der Waals surface area contributed by atoms with Crippen molar-refractivity contribution in [1.29, 1.82) is 0 Å². The fourth-order valence-electron chi connectivity index (χ4n) is 2.58. The summed E-state index contributed by atoms with van der Waals surface area (Å²) >= 11 is 0. The van der Waals surface area contributed by atoms with Crippen molar-refractivity contribution in [3.05, 3.63) is 29.8 Å². The largest absolute Gasteiger partial charge is 0.154 e. The summed E-state index contributed by atoms with van der Waals surface area (Å²) in [5.41, 5.74) is 7.68. The van der Waals surface area contributed by atoms with Crippen molar-refractivity contribution in [1.82, 2.24) is 5.43 Å². The van der Waals surface area contributed by atoms with Crippen molar-refractivity contribution in [2.75, 3.05) is 0 Å². The van der Waals surface area contributed by atoms with Gasteiger partial charge in [0.25, 0.3) is 0 Å². The van der Waals surface area contributed by atoms with E-state index in [2.05, 4.69) is 29.6 Å². The van der Waals surface area contributed by atoms with Gasteiger partial charge in [0.2, 0.25) is 0 Å². The van der Waals surface area contributed by atoms with E-state index in [0.717, 1.165) is 12.1 Å². The number of unbranched alkanes of at least 4 members (excludes halogenated alkanes) is 7. The van der Waals surface area contributed by atoms with Crippen LogP contribution in [0, 0.1) is 0 Å². The minimum Gasteiger partial charge on any atom is -0.154 e. The van der Waals surface area contributed by atoms with Crippen LogP contribution in [0.1, 0.15) is 70.3 Å². The molecule has 1 aliphatic heterocycles. The molecule has 0 saturated heterocycles. The number of hydrogen-bond donors (Lipinski definition) is 0. The molecule has 1 aliphatic rings. The minimum absolute atomic E-state index is 1.04. The van der Waals surface area contributed by atoms with Crippen LogP contribution < -0.4 is 5.43 Å². The van der Waals surface area contributed by atoms with Gasteiger partial charge >= 0.3 is 0 Å². The van der Waals surface area contributed by atoms with Gasteiger partial charge in [0.05, 0.1) is 11.4 Å². The molecule has 1 aromatic carbocycles. The Balaban J connectivity index is 1.58. The van der Waals surface area contributed by atoms with E-state index < -0.39 is 0 Å². The second-order valence-electron chi connectivity index (χ2n) is 5.39. The molecule has 2 heteroatoms. The topological polar surface area (TPSA) is 26.5 Å². The van der Waals surface area contributed by atoms with Crippen LogP contribution in [0.4, 0.5) is 5.69 Å².